The molecule has 134 valence electrons. The molecule has 0 atom stereocenters. The first-order valence-electron chi connectivity index (χ1n) is 8.31. The van der Waals surface area contributed by atoms with Crippen LogP contribution in [0, 0.1) is 6.92 Å². The van der Waals surface area contributed by atoms with Gasteiger partial charge in [-0.1, -0.05) is 18.2 Å². The molecular weight excluding hydrogens is 328 g/mol. The number of para-hydroxylation sites is 1. The molecule has 0 aliphatic heterocycles. The summed E-state index contributed by atoms with van der Waals surface area (Å²) < 4.78 is 3.33. The van der Waals surface area contributed by atoms with Crippen LogP contribution in [-0.2, 0) is 11.8 Å². The zero-order valence-corrected chi connectivity index (χ0v) is 15.4. The van der Waals surface area contributed by atoms with Gasteiger partial charge in [-0.2, -0.15) is 0 Å². The van der Waals surface area contributed by atoms with E-state index in [0.717, 1.165) is 11.4 Å². The second kappa shape index (κ2) is 6.92. The van der Waals surface area contributed by atoms with Crippen LogP contribution in [0.25, 0.3) is 5.69 Å². The summed E-state index contributed by atoms with van der Waals surface area (Å²) in [6, 6.07) is 16.9. The molecule has 0 radical (unpaired) electrons. The van der Waals surface area contributed by atoms with Crippen molar-refractivity contribution < 1.29 is 4.79 Å². The lowest BCUT2D eigenvalue weighted by atomic mass is 10.2. The van der Waals surface area contributed by atoms with Gasteiger partial charge in [0, 0.05) is 32.5 Å². The molecule has 0 fully saturated rings. The Morgan fingerprint density at radius 3 is 2.04 bits per heavy atom. The largest absolute Gasteiger partial charge is 0.378 e. The fraction of sp³-hybridized carbons (Fsp3) is 0.200. The fourth-order valence-corrected chi connectivity index (χ4v) is 2.99. The van der Waals surface area contributed by atoms with Gasteiger partial charge in [-0.05, 0) is 43.3 Å². The summed E-state index contributed by atoms with van der Waals surface area (Å²) in [4.78, 5) is 28.3. The number of rotatable bonds is 5. The summed E-state index contributed by atoms with van der Waals surface area (Å²) in [5.41, 5.74) is 3.25. The first kappa shape index (κ1) is 17.5. The van der Waals surface area contributed by atoms with Gasteiger partial charge in [-0.15, -0.1) is 0 Å². The number of carbonyl (C=O) groups excluding carboxylic acids is 1. The van der Waals surface area contributed by atoms with Crippen LogP contribution in [0.4, 0.5) is 17.1 Å². The number of carbonyl (C=O) groups is 1. The lowest BCUT2D eigenvalue weighted by molar-refractivity contribution is -0.106. The molecule has 3 rings (SSSR count). The van der Waals surface area contributed by atoms with Crippen LogP contribution >= 0.6 is 0 Å². The topological polar surface area (TPSA) is 50.5 Å². The lowest BCUT2D eigenvalue weighted by Crippen LogP contribution is -2.25. The van der Waals surface area contributed by atoms with Gasteiger partial charge in [0.25, 0.3) is 5.56 Å². The molecule has 1 heterocycles. The highest BCUT2D eigenvalue weighted by atomic mass is 16.2. The molecule has 0 bridgehead atoms. The number of aromatic nitrogens is 2. The summed E-state index contributed by atoms with van der Waals surface area (Å²) in [5.74, 6) is 0. The molecule has 1 aromatic heterocycles. The van der Waals surface area contributed by atoms with E-state index < -0.39 is 0 Å². The van der Waals surface area contributed by atoms with Gasteiger partial charge < -0.3 is 4.90 Å². The third-order valence-corrected chi connectivity index (χ3v) is 4.51. The first-order valence-corrected chi connectivity index (χ1v) is 8.31. The van der Waals surface area contributed by atoms with E-state index >= 15 is 0 Å². The molecule has 26 heavy (non-hydrogen) atoms. The molecule has 0 aliphatic rings. The van der Waals surface area contributed by atoms with Gasteiger partial charge in [-0.25, -0.2) is 4.68 Å². The van der Waals surface area contributed by atoms with Crippen molar-refractivity contribution in [1.82, 2.24) is 9.36 Å². The van der Waals surface area contributed by atoms with Crippen molar-refractivity contribution in [3.63, 3.8) is 0 Å². The lowest BCUT2D eigenvalue weighted by Gasteiger charge is -2.18. The van der Waals surface area contributed by atoms with Crippen LogP contribution in [0.1, 0.15) is 5.69 Å². The molecule has 0 aliphatic carbocycles. The highest BCUT2D eigenvalue weighted by molar-refractivity contribution is 5.87. The monoisotopic (exact) mass is 350 g/mol. The van der Waals surface area contributed by atoms with E-state index in [1.165, 1.54) is 4.90 Å². The second-order valence-electron chi connectivity index (χ2n) is 6.30. The van der Waals surface area contributed by atoms with E-state index in [2.05, 4.69) is 0 Å². The van der Waals surface area contributed by atoms with E-state index in [1.807, 2.05) is 87.6 Å². The van der Waals surface area contributed by atoms with Crippen LogP contribution in [0.5, 0.6) is 0 Å². The van der Waals surface area contributed by atoms with Gasteiger partial charge in [-0.3, -0.25) is 19.2 Å². The predicted octanol–water partition coefficient (Wildman–Crippen LogP) is 2.84. The molecule has 0 N–H and O–H groups in total. The Morgan fingerprint density at radius 2 is 1.50 bits per heavy atom. The van der Waals surface area contributed by atoms with Gasteiger partial charge in [0.05, 0.1) is 11.4 Å². The quantitative estimate of drug-likeness (QED) is 0.665. The number of hydrogen-bond acceptors (Lipinski definition) is 3. The first-order chi connectivity index (χ1) is 12.5. The number of nitrogens with zero attached hydrogens (tertiary/aromatic N) is 4. The Labute approximate surface area is 152 Å². The van der Waals surface area contributed by atoms with E-state index in [-0.39, 0.29) is 5.56 Å². The van der Waals surface area contributed by atoms with Gasteiger partial charge >= 0.3 is 0 Å². The smallest absolute Gasteiger partial charge is 0.296 e. The van der Waals surface area contributed by atoms with Crippen molar-refractivity contribution in [2.24, 2.45) is 7.05 Å². The molecule has 0 unspecified atom stereocenters. The SMILES string of the molecule is Cc1c(N(C=O)c2ccc(N(C)C)cc2)c(=O)n(-c2ccccc2)n1C. The van der Waals surface area contributed by atoms with E-state index in [4.69, 9.17) is 0 Å². The van der Waals surface area contributed by atoms with E-state index in [0.29, 0.717) is 23.5 Å². The third kappa shape index (κ3) is 2.90. The fourth-order valence-electron chi connectivity index (χ4n) is 2.99. The number of anilines is 3. The third-order valence-electron chi connectivity index (χ3n) is 4.51. The Kier molecular flexibility index (Phi) is 4.67. The van der Waals surface area contributed by atoms with Crippen molar-refractivity contribution in [3.8, 4) is 5.69 Å². The highest BCUT2D eigenvalue weighted by Crippen LogP contribution is 2.27. The number of amides is 1. The molecule has 6 nitrogen and oxygen atoms in total. The van der Waals surface area contributed by atoms with Crippen molar-refractivity contribution in [2.75, 3.05) is 23.9 Å². The summed E-state index contributed by atoms with van der Waals surface area (Å²) in [6.45, 7) is 1.83. The molecule has 0 saturated heterocycles. The van der Waals surface area contributed by atoms with Gasteiger partial charge in [0.1, 0.15) is 5.69 Å². The maximum atomic E-state index is 13.1. The van der Waals surface area contributed by atoms with Crippen LogP contribution in [0.2, 0.25) is 0 Å². The van der Waals surface area contributed by atoms with Crippen LogP contribution in [-0.4, -0.2) is 29.9 Å². The van der Waals surface area contributed by atoms with Gasteiger partial charge in [0.15, 0.2) is 0 Å². The molecule has 0 spiro atoms. The van der Waals surface area contributed by atoms with Crippen LogP contribution in [0.3, 0.4) is 0 Å². The molecular formula is C20H22N4O2. The summed E-state index contributed by atoms with van der Waals surface area (Å²) in [6.07, 6.45) is 0.684. The second-order valence-corrected chi connectivity index (χ2v) is 6.30. The summed E-state index contributed by atoms with van der Waals surface area (Å²) in [5, 5.41) is 0. The van der Waals surface area contributed by atoms with Crippen LogP contribution in [0.15, 0.2) is 59.4 Å². The number of hydrogen-bond donors (Lipinski definition) is 0. The Morgan fingerprint density at radius 1 is 0.923 bits per heavy atom. The Hall–Kier alpha value is -3.28. The Balaban J connectivity index is 2.13. The average molecular weight is 350 g/mol. The minimum atomic E-state index is -0.236. The highest BCUT2D eigenvalue weighted by Gasteiger charge is 2.22. The summed E-state index contributed by atoms with van der Waals surface area (Å²) >= 11 is 0. The minimum Gasteiger partial charge on any atom is -0.378 e. The van der Waals surface area contributed by atoms with E-state index in [1.54, 1.807) is 9.36 Å². The molecule has 0 saturated carbocycles. The van der Waals surface area contributed by atoms with Crippen molar-refractivity contribution >= 4 is 23.5 Å². The molecule has 1 amide bonds. The van der Waals surface area contributed by atoms with Crippen molar-refractivity contribution in [3.05, 3.63) is 70.6 Å². The molecule has 2 aromatic carbocycles. The van der Waals surface area contributed by atoms with Gasteiger partial charge in [0.2, 0.25) is 6.41 Å². The maximum absolute atomic E-state index is 13.1. The zero-order chi connectivity index (χ0) is 18.8. The maximum Gasteiger partial charge on any atom is 0.296 e. The summed E-state index contributed by atoms with van der Waals surface area (Å²) in [7, 11) is 5.71. The molecule has 6 heteroatoms. The van der Waals surface area contributed by atoms with Crippen molar-refractivity contribution in [1.29, 1.82) is 0 Å². The normalized spacial score (nSPS) is 10.6. The van der Waals surface area contributed by atoms with Crippen LogP contribution < -0.4 is 15.4 Å². The van der Waals surface area contributed by atoms with E-state index in [9.17, 15) is 9.59 Å². The zero-order valence-electron chi connectivity index (χ0n) is 15.4. The standard InChI is InChI=1S/C20H22N4O2/c1-15-19(20(26)24(22(15)4)18-8-6-5-7-9-18)23(14-25)17-12-10-16(11-13-17)21(2)3/h5-14H,1-4H3. The average Bonchev–Trinajstić information content (AvgIpc) is 2.87. The Bertz CT molecular complexity index is 970. The predicted molar refractivity (Wildman–Crippen MR) is 105 cm³/mol. The number of benzene rings is 2. The molecule has 3 aromatic rings. The minimum absolute atomic E-state index is 0.236. The van der Waals surface area contributed by atoms with Crippen molar-refractivity contribution in [2.45, 2.75) is 6.92 Å².